The van der Waals surface area contributed by atoms with Crippen LogP contribution in [0, 0.1) is 22.7 Å². The van der Waals surface area contributed by atoms with Gasteiger partial charge in [0.05, 0.1) is 25.4 Å². The molecular weight excluding hydrogens is 324 g/mol. The van der Waals surface area contributed by atoms with Crippen LogP contribution in [0.25, 0.3) is 0 Å². The maximum Gasteiger partial charge on any atom is 0.118 e. The van der Waals surface area contributed by atoms with Crippen LogP contribution >= 0.6 is 0 Å². The summed E-state index contributed by atoms with van der Waals surface area (Å²) in [6, 6.07) is 4.13. The number of hydrogen-bond donors (Lipinski definition) is 0. The minimum absolute atomic E-state index is 0.277. The SMILES string of the molecule is C=C\C(=C/C=C(C)/C=C(C#N)/C(C#N)=C/C(C)=C/C=C(\C=C)OC)OC. The van der Waals surface area contributed by atoms with Gasteiger partial charge in [-0.05, 0) is 61.4 Å². The van der Waals surface area contributed by atoms with Gasteiger partial charge in [-0.3, -0.25) is 0 Å². The molecule has 26 heavy (non-hydrogen) atoms. The van der Waals surface area contributed by atoms with Crippen LogP contribution in [-0.2, 0) is 9.47 Å². The van der Waals surface area contributed by atoms with Gasteiger partial charge in [-0.25, -0.2) is 0 Å². The molecule has 0 radical (unpaired) electrons. The van der Waals surface area contributed by atoms with Crippen LogP contribution < -0.4 is 0 Å². The maximum atomic E-state index is 9.39. The minimum atomic E-state index is 0.277. The Morgan fingerprint density at radius 3 is 1.31 bits per heavy atom. The van der Waals surface area contributed by atoms with Crippen LogP contribution in [0.2, 0.25) is 0 Å². The van der Waals surface area contributed by atoms with Crippen molar-refractivity contribution in [2.45, 2.75) is 13.8 Å². The summed E-state index contributed by atoms with van der Waals surface area (Å²) in [4.78, 5) is 0. The Bertz CT molecular complexity index is 721. The van der Waals surface area contributed by atoms with Crippen molar-refractivity contribution in [2.24, 2.45) is 0 Å². The molecule has 0 aliphatic heterocycles. The first-order valence-corrected chi connectivity index (χ1v) is 7.79. The van der Waals surface area contributed by atoms with E-state index in [1.165, 1.54) is 0 Å². The lowest BCUT2D eigenvalue weighted by Crippen LogP contribution is -1.87. The van der Waals surface area contributed by atoms with E-state index in [-0.39, 0.29) is 11.1 Å². The third-order valence-corrected chi connectivity index (χ3v) is 3.17. The van der Waals surface area contributed by atoms with Crippen molar-refractivity contribution >= 4 is 0 Å². The van der Waals surface area contributed by atoms with Crippen LogP contribution in [0.3, 0.4) is 0 Å². The number of methoxy groups -OCH3 is 2. The lowest BCUT2D eigenvalue weighted by Gasteiger charge is -2.00. The summed E-state index contributed by atoms with van der Waals surface area (Å²) in [5.74, 6) is 1.21. The van der Waals surface area contributed by atoms with Crippen molar-refractivity contribution in [2.75, 3.05) is 14.2 Å². The largest absolute Gasteiger partial charge is 0.497 e. The first-order chi connectivity index (χ1) is 12.4. The fourth-order valence-electron chi connectivity index (χ4n) is 1.76. The van der Waals surface area contributed by atoms with Gasteiger partial charge in [0.1, 0.15) is 23.7 Å². The molecule has 0 amide bonds. The lowest BCUT2D eigenvalue weighted by atomic mass is 10.0. The van der Waals surface area contributed by atoms with Gasteiger partial charge in [-0.1, -0.05) is 25.3 Å². The molecule has 0 atom stereocenters. The van der Waals surface area contributed by atoms with Gasteiger partial charge < -0.3 is 9.47 Å². The second-order valence-electron chi connectivity index (χ2n) is 5.12. The van der Waals surface area contributed by atoms with E-state index in [0.717, 1.165) is 11.1 Å². The Morgan fingerprint density at radius 2 is 1.08 bits per heavy atom. The first kappa shape index (κ1) is 22.5. The van der Waals surface area contributed by atoms with Crippen molar-refractivity contribution < 1.29 is 9.47 Å². The lowest BCUT2D eigenvalue weighted by molar-refractivity contribution is 0.307. The van der Waals surface area contributed by atoms with E-state index < -0.39 is 0 Å². The molecule has 0 aliphatic carbocycles. The molecule has 0 rings (SSSR count). The topological polar surface area (TPSA) is 66.0 Å². The van der Waals surface area contributed by atoms with Crippen molar-refractivity contribution in [3.63, 3.8) is 0 Å². The predicted molar refractivity (Wildman–Crippen MR) is 105 cm³/mol. The van der Waals surface area contributed by atoms with Crippen LogP contribution in [0.15, 0.2) is 95.6 Å². The molecule has 0 saturated carbocycles. The highest BCUT2D eigenvalue weighted by Crippen LogP contribution is 2.15. The van der Waals surface area contributed by atoms with E-state index in [1.807, 2.05) is 13.8 Å². The number of hydrogen-bond acceptors (Lipinski definition) is 4. The van der Waals surface area contributed by atoms with Crippen molar-refractivity contribution in [1.82, 2.24) is 0 Å². The summed E-state index contributed by atoms with van der Waals surface area (Å²) in [6.45, 7) is 10.9. The van der Waals surface area contributed by atoms with E-state index in [2.05, 4.69) is 25.3 Å². The van der Waals surface area contributed by atoms with Gasteiger partial charge in [0.25, 0.3) is 0 Å². The zero-order valence-electron chi connectivity index (χ0n) is 15.7. The second-order valence-corrected chi connectivity index (χ2v) is 5.12. The zero-order valence-corrected chi connectivity index (χ0v) is 15.7. The normalized spacial score (nSPS) is 14.2. The quantitative estimate of drug-likeness (QED) is 0.326. The monoisotopic (exact) mass is 348 g/mol. The number of allylic oxidation sites excluding steroid dienone is 12. The van der Waals surface area contributed by atoms with Gasteiger partial charge in [-0.2, -0.15) is 10.5 Å². The van der Waals surface area contributed by atoms with Crippen LogP contribution in [0.1, 0.15) is 13.8 Å². The van der Waals surface area contributed by atoms with E-state index in [9.17, 15) is 10.5 Å². The average Bonchev–Trinajstić information content (AvgIpc) is 2.66. The summed E-state index contributed by atoms with van der Waals surface area (Å²) < 4.78 is 10.2. The summed E-state index contributed by atoms with van der Waals surface area (Å²) in [5, 5.41) is 18.8. The Kier molecular flexibility index (Phi) is 11.1. The molecule has 0 unspecified atom stereocenters. The third-order valence-electron chi connectivity index (χ3n) is 3.17. The third kappa shape index (κ3) is 8.38. The molecule has 0 aromatic rings. The molecule has 0 bridgehead atoms. The smallest absolute Gasteiger partial charge is 0.118 e. The minimum Gasteiger partial charge on any atom is -0.497 e. The Labute approximate surface area is 156 Å². The molecule has 0 aromatic heterocycles. The van der Waals surface area contributed by atoms with Crippen LogP contribution in [0.4, 0.5) is 0 Å². The zero-order chi connectivity index (χ0) is 19.9. The van der Waals surface area contributed by atoms with E-state index in [4.69, 9.17) is 9.47 Å². The van der Waals surface area contributed by atoms with Crippen LogP contribution in [-0.4, -0.2) is 14.2 Å². The number of nitrogens with zero attached hydrogens (tertiary/aromatic N) is 2. The van der Waals surface area contributed by atoms with E-state index >= 15 is 0 Å². The van der Waals surface area contributed by atoms with E-state index in [0.29, 0.717) is 11.5 Å². The fourth-order valence-corrected chi connectivity index (χ4v) is 1.76. The second kappa shape index (κ2) is 12.9. The van der Waals surface area contributed by atoms with Gasteiger partial charge >= 0.3 is 0 Å². The predicted octanol–water partition coefficient (Wildman–Crippen LogP) is 5.21. The first-order valence-electron chi connectivity index (χ1n) is 7.79. The molecule has 0 heterocycles. The Morgan fingerprint density at radius 1 is 0.731 bits per heavy atom. The molecule has 4 heteroatoms. The average molecular weight is 348 g/mol. The fraction of sp³-hybridized carbons (Fsp3) is 0.182. The van der Waals surface area contributed by atoms with Gasteiger partial charge in [0.2, 0.25) is 0 Å². The Balaban J connectivity index is 5.75. The number of rotatable bonds is 9. The molecule has 134 valence electrons. The standard InChI is InChI=1S/C22H24N2O2/c1-7-21(25-5)11-9-17(3)13-19(15-23)20(16-24)14-18(4)10-12-22(8-2)26-6/h7-14H,1-2H2,3-6H3/b17-9+,18-10+,19-13+,20-14+,21-11+,22-12+. The molecule has 0 N–H and O–H groups in total. The molecule has 4 nitrogen and oxygen atoms in total. The van der Waals surface area contributed by atoms with Crippen molar-refractivity contribution in [3.8, 4) is 12.1 Å². The summed E-state index contributed by atoms with van der Waals surface area (Å²) in [5.41, 5.74) is 2.15. The van der Waals surface area contributed by atoms with Gasteiger partial charge in [-0.15, -0.1) is 0 Å². The number of nitriles is 2. The van der Waals surface area contributed by atoms with Gasteiger partial charge in [0, 0.05) is 0 Å². The van der Waals surface area contributed by atoms with Crippen molar-refractivity contribution in [1.29, 1.82) is 10.5 Å². The van der Waals surface area contributed by atoms with Crippen LogP contribution in [0.5, 0.6) is 0 Å². The molecule has 0 aromatic carbocycles. The summed E-state index contributed by atoms with van der Waals surface area (Å²) >= 11 is 0. The summed E-state index contributed by atoms with van der Waals surface area (Å²) in [6.07, 6.45) is 13.5. The van der Waals surface area contributed by atoms with E-state index in [1.54, 1.807) is 62.8 Å². The molecule has 0 aliphatic rings. The highest BCUT2D eigenvalue weighted by Gasteiger charge is 2.04. The summed E-state index contributed by atoms with van der Waals surface area (Å²) in [7, 11) is 3.10. The molecule has 0 fully saturated rings. The number of ether oxygens (including phenoxy) is 2. The Hall–Kier alpha value is -3.50. The highest BCUT2D eigenvalue weighted by atomic mass is 16.5. The molecule has 0 saturated heterocycles. The highest BCUT2D eigenvalue weighted by molar-refractivity contribution is 5.55. The maximum absolute atomic E-state index is 9.39. The molecular formula is C22H24N2O2. The van der Waals surface area contributed by atoms with Crippen molar-refractivity contribution in [3.05, 3.63) is 95.6 Å². The molecule has 0 spiro atoms. The van der Waals surface area contributed by atoms with Gasteiger partial charge in [0.15, 0.2) is 0 Å².